The van der Waals surface area contributed by atoms with Crippen LogP contribution in [-0.2, 0) is 5.41 Å². The Morgan fingerprint density at radius 3 is 2.38 bits per heavy atom. The normalized spacial score (nSPS) is 11.2. The minimum absolute atomic E-state index is 0.202. The molecule has 0 saturated carbocycles. The van der Waals surface area contributed by atoms with E-state index in [0.717, 1.165) is 30.3 Å². The fourth-order valence-corrected chi connectivity index (χ4v) is 2.07. The average molecular weight is 284 g/mol. The van der Waals surface area contributed by atoms with E-state index in [1.807, 2.05) is 31.2 Å². The quantitative estimate of drug-likeness (QED) is 0.811. The zero-order valence-corrected chi connectivity index (χ0v) is 13.3. The molecule has 2 aromatic rings. The lowest BCUT2D eigenvalue weighted by Crippen LogP contribution is -2.14. The lowest BCUT2D eigenvalue weighted by Gasteiger charge is -2.23. The first-order valence-electron chi connectivity index (χ1n) is 7.53. The molecular weight excluding hydrogens is 260 g/mol. The van der Waals surface area contributed by atoms with E-state index >= 15 is 0 Å². The van der Waals surface area contributed by atoms with Crippen LogP contribution in [0.25, 0.3) is 0 Å². The molecule has 2 rings (SSSR count). The molecule has 0 amide bonds. The number of nitrogens with one attached hydrogen (secondary N) is 1. The first-order chi connectivity index (χ1) is 10.0. The second-order valence-corrected chi connectivity index (χ2v) is 5.77. The molecule has 0 radical (unpaired) electrons. The molecule has 0 aliphatic rings. The minimum Gasteiger partial charge on any atom is -0.457 e. The molecule has 0 saturated heterocycles. The van der Waals surface area contributed by atoms with Gasteiger partial charge in [-0.15, -0.1) is 0 Å². The van der Waals surface area contributed by atoms with Gasteiger partial charge in [-0.1, -0.05) is 32.9 Å². The molecule has 21 heavy (non-hydrogen) atoms. The van der Waals surface area contributed by atoms with Crippen LogP contribution in [0.15, 0.2) is 42.6 Å². The molecule has 3 heteroatoms. The predicted octanol–water partition coefficient (Wildman–Crippen LogP) is 4.99. The van der Waals surface area contributed by atoms with Gasteiger partial charge < -0.3 is 10.1 Å². The number of nitrogens with zero attached hydrogens (tertiary/aromatic N) is 1. The number of rotatable bonds is 6. The molecule has 1 aromatic carbocycles. The zero-order chi connectivity index (χ0) is 15.3. The molecule has 1 heterocycles. The summed E-state index contributed by atoms with van der Waals surface area (Å²) in [7, 11) is 0. The van der Waals surface area contributed by atoms with Gasteiger partial charge in [-0.05, 0) is 42.5 Å². The number of ether oxygens (including phenoxy) is 1. The van der Waals surface area contributed by atoms with Gasteiger partial charge in [0, 0.05) is 18.8 Å². The van der Waals surface area contributed by atoms with Crippen molar-refractivity contribution in [3.05, 3.63) is 48.2 Å². The number of benzene rings is 1. The predicted molar refractivity (Wildman–Crippen MR) is 88.2 cm³/mol. The lowest BCUT2D eigenvalue weighted by molar-refractivity contribution is 0.478. The van der Waals surface area contributed by atoms with Crippen molar-refractivity contribution < 1.29 is 4.74 Å². The summed E-state index contributed by atoms with van der Waals surface area (Å²) in [5.74, 6) is 2.47. The van der Waals surface area contributed by atoms with Gasteiger partial charge in [0.15, 0.2) is 0 Å². The molecule has 1 aromatic heterocycles. The number of pyridine rings is 1. The Morgan fingerprint density at radius 1 is 1.05 bits per heavy atom. The maximum atomic E-state index is 5.89. The van der Waals surface area contributed by atoms with Gasteiger partial charge in [-0.25, -0.2) is 4.98 Å². The molecular formula is C18H24N2O. The summed E-state index contributed by atoms with van der Waals surface area (Å²) in [6.07, 6.45) is 2.87. The van der Waals surface area contributed by atoms with Crippen molar-refractivity contribution in [1.29, 1.82) is 0 Å². The first-order valence-corrected chi connectivity index (χ1v) is 7.53. The Hall–Kier alpha value is -2.03. The van der Waals surface area contributed by atoms with Crippen molar-refractivity contribution in [2.75, 3.05) is 11.9 Å². The lowest BCUT2D eigenvalue weighted by atomic mass is 9.82. The van der Waals surface area contributed by atoms with Crippen LogP contribution < -0.4 is 10.1 Å². The summed E-state index contributed by atoms with van der Waals surface area (Å²) in [4.78, 5) is 4.24. The number of hydrogen-bond acceptors (Lipinski definition) is 3. The van der Waals surface area contributed by atoms with Gasteiger partial charge in [0.2, 0.25) is 0 Å². The molecule has 112 valence electrons. The minimum atomic E-state index is 0.202. The Labute approximate surface area is 127 Å². The van der Waals surface area contributed by atoms with Crippen LogP contribution in [0, 0.1) is 0 Å². The molecule has 1 N–H and O–H groups in total. The second-order valence-electron chi connectivity index (χ2n) is 5.77. The summed E-state index contributed by atoms with van der Waals surface area (Å²) in [6.45, 7) is 9.62. The topological polar surface area (TPSA) is 34.1 Å². The SMILES string of the molecule is CCNc1cc(Oc2ccc(C(C)(C)CC)cc2)ccn1. The number of aromatic nitrogens is 1. The third-order valence-electron chi connectivity index (χ3n) is 3.84. The molecule has 0 unspecified atom stereocenters. The Balaban J connectivity index is 2.11. The Bertz CT molecular complexity index is 576. The van der Waals surface area contributed by atoms with Gasteiger partial charge >= 0.3 is 0 Å². The van der Waals surface area contributed by atoms with Crippen LogP contribution in [0.5, 0.6) is 11.5 Å². The molecule has 0 atom stereocenters. The van der Waals surface area contributed by atoms with E-state index in [1.54, 1.807) is 6.20 Å². The van der Waals surface area contributed by atoms with Gasteiger partial charge in [-0.3, -0.25) is 0 Å². The number of anilines is 1. The smallest absolute Gasteiger partial charge is 0.132 e. The van der Waals surface area contributed by atoms with Crippen LogP contribution in [0.1, 0.15) is 39.7 Å². The van der Waals surface area contributed by atoms with Crippen molar-refractivity contribution in [3.8, 4) is 11.5 Å². The summed E-state index contributed by atoms with van der Waals surface area (Å²) in [5, 5.41) is 3.18. The molecule has 3 nitrogen and oxygen atoms in total. The van der Waals surface area contributed by atoms with E-state index in [9.17, 15) is 0 Å². The van der Waals surface area contributed by atoms with Crippen molar-refractivity contribution in [1.82, 2.24) is 4.98 Å². The van der Waals surface area contributed by atoms with Crippen molar-refractivity contribution >= 4 is 5.82 Å². The van der Waals surface area contributed by atoms with Crippen LogP contribution >= 0.6 is 0 Å². The maximum Gasteiger partial charge on any atom is 0.132 e. The van der Waals surface area contributed by atoms with Crippen LogP contribution in [-0.4, -0.2) is 11.5 Å². The van der Waals surface area contributed by atoms with Gasteiger partial charge in [0.25, 0.3) is 0 Å². The van der Waals surface area contributed by atoms with E-state index in [0.29, 0.717) is 0 Å². The third kappa shape index (κ3) is 3.97. The van der Waals surface area contributed by atoms with E-state index < -0.39 is 0 Å². The molecule has 0 fully saturated rings. The maximum absolute atomic E-state index is 5.89. The Kier molecular flexibility index (Phi) is 4.84. The van der Waals surface area contributed by atoms with E-state index in [2.05, 4.69) is 43.2 Å². The monoisotopic (exact) mass is 284 g/mol. The molecule has 0 spiro atoms. The van der Waals surface area contributed by atoms with E-state index in [-0.39, 0.29) is 5.41 Å². The van der Waals surface area contributed by atoms with Gasteiger partial charge in [0.05, 0.1) is 0 Å². The van der Waals surface area contributed by atoms with Crippen LogP contribution in [0.4, 0.5) is 5.82 Å². The van der Waals surface area contributed by atoms with Crippen LogP contribution in [0.3, 0.4) is 0 Å². The fourth-order valence-electron chi connectivity index (χ4n) is 2.07. The van der Waals surface area contributed by atoms with E-state index in [4.69, 9.17) is 4.74 Å². The average Bonchev–Trinajstić information content (AvgIpc) is 2.48. The zero-order valence-electron chi connectivity index (χ0n) is 13.3. The first kappa shape index (κ1) is 15.4. The highest BCUT2D eigenvalue weighted by atomic mass is 16.5. The molecule has 0 bridgehead atoms. The standard InChI is InChI=1S/C18H24N2O/c1-5-18(3,4)14-7-9-15(10-8-14)21-16-11-12-20-17(13-16)19-6-2/h7-13H,5-6H2,1-4H3,(H,19,20). The highest BCUT2D eigenvalue weighted by Gasteiger charge is 2.17. The largest absolute Gasteiger partial charge is 0.457 e. The third-order valence-corrected chi connectivity index (χ3v) is 3.84. The second kappa shape index (κ2) is 6.61. The van der Waals surface area contributed by atoms with Gasteiger partial charge in [0.1, 0.15) is 17.3 Å². The Morgan fingerprint density at radius 2 is 1.76 bits per heavy atom. The van der Waals surface area contributed by atoms with Crippen molar-refractivity contribution in [2.45, 2.75) is 39.5 Å². The highest BCUT2D eigenvalue weighted by Crippen LogP contribution is 2.29. The van der Waals surface area contributed by atoms with Gasteiger partial charge in [-0.2, -0.15) is 0 Å². The molecule has 0 aliphatic carbocycles. The van der Waals surface area contributed by atoms with Crippen molar-refractivity contribution in [3.63, 3.8) is 0 Å². The van der Waals surface area contributed by atoms with E-state index in [1.165, 1.54) is 5.56 Å². The summed E-state index contributed by atoms with van der Waals surface area (Å²) < 4.78 is 5.89. The summed E-state index contributed by atoms with van der Waals surface area (Å²) in [6, 6.07) is 12.1. The van der Waals surface area contributed by atoms with Crippen molar-refractivity contribution in [2.24, 2.45) is 0 Å². The highest BCUT2D eigenvalue weighted by molar-refractivity contribution is 5.42. The molecule has 0 aliphatic heterocycles. The number of hydrogen-bond donors (Lipinski definition) is 1. The fraction of sp³-hybridized carbons (Fsp3) is 0.389. The summed E-state index contributed by atoms with van der Waals surface area (Å²) in [5.41, 5.74) is 1.54. The summed E-state index contributed by atoms with van der Waals surface area (Å²) >= 11 is 0. The van der Waals surface area contributed by atoms with Crippen LogP contribution in [0.2, 0.25) is 0 Å².